The average molecular weight is 494 g/mol. The highest BCUT2D eigenvalue weighted by Crippen LogP contribution is 2.44. The second-order valence-corrected chi connectivity index (χ2v) is 10.5. The molecule has 2 aromatic carbocycles. The van der Waals surface area contributed by atoms with Crippen molar-refractivity contribution in [1.82, 2.24) is 10.2 Å². The number of carbonyl (C=O) groups excluding carboxylic acids is 1. The summed E-state index contributed by atoms with van der Waals surface area (Å²) in [5, 5.41) is 12.4. The van der Waals surface area contributed by atoms with Gasteiger partial charge in [0.2, 0.25) is 5.91 Å². The van der Waals surface area contributed by atoms with Crippen LogP contribution >= 0.6 is 0 Å². The Morgan fingerprint density at radius 2 is 1.42 bits per heavy atom. The molecule has 0 spiro atoms. The summed E-state index contributed by atoms with van der Waals surface area (Å²) in [6.07, 6.45) is 10.9. The van der Waals surface area contributed by atoms with Crippen LogP contribution in [0.3, 0.4) is 0 Å². The summed E-state index contributed by atoms with van der Waals surface area (Å²) in [5.74, 6) is -0.0389. The maximum Gasteiger partial charge on any atom is 0.232 e. The average Bonchev–Trinajstić information content (AvgIpc) is 2.92. The van der Waals surface area contributed by atoms with Crippen LogP contribution in [0.25, 0.3) is 0 Å². The second-order valence-electron chi connectivity index (χ2n) is 10.5. The highest BCUT2D eigenvalue weighted by atomic mass is 16.3. The van der Waals surface area contributed by atoms with E-state index in [0.717, 1.165) is 50.1 Å². The van der Waals surface area contributed by atoms with Crippen molar-refractivity contribution in [2.75, 3.05) is 32.8 Å². The molecule has 5 heteroatoms. The standard InChI is InChI=1S/C31H47N3O2/c1-26(25-35)33-21-13-5-3-2-4-6-14-22-34-23-19-29(20-24-34)31(30(32)36,27-15-9-7-10-16-27)28-17-11-8-12-18-28/h7-12,15-18,26,29,33,35H,2-6,13-14,19-25H2,1H3,(H2,32,36)/t26-/m1/s1. The van der Waals surface area contributed by atoms with Gasteiger partial charge >= 0.3 is 0 Å². The molecule has 0 bridgehead atoms. The number of hydrogen-bond donors (Lipinski definition) is 3. The molecule has 1 atom stereocenters. The molecule has 36 heavy (non-hydrogen) atoms. The van der Waals surface area contributed by atoms with Gasteiger partial charge in [0.1, 0.15) is 5.41 Å². The molecule has 2 aromatic rings. The highest BCUT2D eigenvalue weighted by Gasteiger charge is 2.47. The number of unbranched alkanes of at least 4 members (excludes halogenated alkanes) is 6. The van der Waals surface area contributed by atoms with E-state index in [1.807, 2.05) is 43.3 Å². The molecule has 4 N–H and O–H groups in total. The number of nitrogens with one attached hydrogen (secondary N) is 1. The molecular weight excluding hydrogens is 446 g/mol. The van der Waals surface area contributed by atoms with Crippen molar-refractivity contribution < 1.29 is 9.90 Å². The number of nitrogens with zero attached hydrogens (tertiary/aromatic N) is 1. The number of nitrogens with two attached hydrogens (primary N) is 1. The maximum absolute atomic E-state index is 13.2. The smallest absolute Gasteiger partial charge is 0.232 e. The van der Waals surface area contributed by atoms with Gasteiger partial charge in [-0.05, 0) is 75.8 Å². The lowest BCUT2D eigenvalue weighted by molar-refractivity contribution is -0.124. The van der Waals surface area contributed by atoms with E-state index in [1.165, 1.54) is 44.9 Å². The first kappa shape index (κ1) is 28.4. The Morgan fingerprint density at radius 1 is 0.917 bits per heavy atom. The first-order valence-electron chi connectivity index (χ1n) is 14.1. The van der Waals surface area contributed by atoms with E-state index in [1.54, 1.807) is 0 Å². The minimum atomic E-state index is -0.778. The Kier molecular flexibility index (Phi) is 11.9. The number of hydrogen-bond acceptors (Lipinski definition) is 4. The van der Waals surface area contributed by atoms with Gasteiger partial charge in [-0.15, -0.1) is 0 Å². The van der Waals surface area contributed by atoms with E-state index in [4.69, 9.17) is 10.8 Å². The lowest BCUT2D eigenvalue weighted by Crippen LogP contribution is -2.51. The van der Waals surface area contributed by atoms with Crippen molar-refractivity contribution in [1.29, 1.82) is 0 Å². The maximum atomic E-state index is 13.2. The Balaban J connectivity index is 1.44. The molecule has 3 rings (SSSR count). The topological polar surface area (TPSA) is 78.6 Å². The van der Waals surface area contributed by atoms with Crippen molar-refractivity contribution in [3.05, 3.63) is 71.8 Å². The van der Waals surface area contributed by atoms with Crippen LogP contribution in [0.4, 0.5) is 0 Å². The van der Waals surface area contributed by atoms with Crippen LogP contribution in [-0.2, 0) is 10.2 Å². The van der Waals surface area contributed by atoms with Gasteiger partial charge < -0.3 is 21.1 Å². The number of aliphatic hydroxyl groups is 1. The van der Waals surface area contributed by atoms with Crippen LogP contribution in [0.5, 0.6) is 0 Å². The lowest BCUT2D eigenvalue weighted by atomic mass is 9.62. The summed E-state index contributed by atoms with van der Waals surface area (Å²) >= 11 is 0. The summed E-state index contributed by atoms with van der Waals surface area (Å²) < 4.78 is 0. The Hall–Kier alpha value is -2.21. The Morgan fingerprint density at radius 3 is 1.92 bits per heavy atom. The number of piperidine rings is 1. The number of primary amides is 1. The van der Waals surface area contributed by atoms with E-state index >= 15 is 0 Å². The minimum Gasteiger partial charge on any atom is -0.395 e. The van der Waals surface area contributed by atoms with Crippen molar-refractivity contribution >= 4 is 5.91 Å². The fourth-order valence-electron chi connectivity index (χ4n) is 5.87. The zero-order valence-corrected chi connectivity index (χ0v) is 22.2. The molecule has 0 aliphatic carbocycles. The first-order valence-corrected chi connectivity index (χ1v) is 14.1. The molecule has 0 aromatic heterocycles. The number of aliphatic hydroxyl groups excluding tert-OH is 1. The fraction of sp³-hybridized carbons (Fsp3) is 0.581. The van der Waals surface area contributed by atoms with E-state index in [9.17, 15) is 4.79 Å². The third-order valence-electron chi connectivity index (χ3n) is 7.96. The van der Waals surface area contributed by atoms with Gasteiger partial charge in [-0.25, -0.2) is 0 Å². The summed E-state index contributed by atoms with van der Waals surface area (Å²) in [7, 11) is 0. The minimum absolute atomic E-state index is 0.200. The van der Waals surface area contributed by atoms with E-state index in [0.29, 0.717) is 0 Å². The second kappa shape index (κ2) is 15.1. The monoisotopic (exact) mass is 493 g/mol. The Bertz CT molecular complexity index is 826. The normalized spacial score (nSPS) is 16.2. The van der Waals surface area contributed by atoms with Crippen LogP contribution in [0, 0.1) is 5.92 Å². The molecule has 198 valence electrons. The quantitative estimate of drug-likeness (QED) is 0.292. The van der Waals surface area contributed by atoms with Gasteiger partial charge in [0.25, 0.3) is 0 Å². The Labute approximate surface area is 218 Å². The van der Waals surface area contributed by atoms with Gasteiger partial charge in [-0.1, -0.05) is 92.8 Å². The number of rotatable bonds is 16. The molecule has 0 saturated carbocycles. The third-order valence-corrected chi connectivity index (χ3v) is 7.96. The van der Waals surface area contributed by atoms with Gasteiger partial charge in [-0.2, -0.15) is 0 Å². The number of carbonyl (C=O) groups is 1. The molecule has 1 aliphatic heterocycles. The van der Waals surface area contributed by atoms with Crippen molar-refractivity contribution in [3.8, 4) is 0 Å². The van der Waals surface area contributed by atoms with E-state index in [2.05, 4.69) is 34.5 Å². The molecule has 1 saturated heterocycles. The van der Waals surface area contributed by atoms with Crippen LogP contribution in [0.1, 0.15) is 75.8 Å². The van der Waals surface area contributed by atoms with Crippen LogP contribution in [-0.4, -0.2) is 54.7 Å². The number of benzene rings is 2. The number of likely N-dealkylation sites (tertiary alicyclic amines) is 1. The van der Waals surface area contributed by atoms with Crippen LogP contribution in [0.15, 0.2) is 60.7 Å². The van der Waals surface area contributed by atoms with E-state index in [-0.39, 0.29) is 24.5 Å². The predicted molar refractivity (Wildman–Crippen MR) is 149 cm³/mol. The first-order chi connectivity index (χ1) is 17.6. The molecule has 0 radical (unpaired) electrons. The van der Waals surface area contributed by atoms with Gasteiger partial charge in [-0.3, -0.25) is 4.79 Å². The summed E-state index contributed by atoms with van der Waals surface area (Å²) in [4.78, 5) is 15.8. The molecule has 0 unspecified atom stereocenters. The summed E-state index contributed by atoms with van der Waals surface area (Å²) in [6.45, 7) is 6.43. The molecule has 1 heterocycles. The van der Waals surface area contributed by atoms with Crippen molar-refractivity contribution in [3.63, 3.8) is 0 Å². The van der Waals surface area contributed by atoms with Crippen molar-refractivity contribution in [2.24, 2.45) is 11.7 Å². The largest absolute Gasteiger partial charge is 0.395 e. The summed E-state index contributed by atoms with van der Waals surface area (Å²) in [6, 6.07) is 20.5. The van der Waals surface area contributed by atoms with Gasteiger partial charge in [0, 0.05) is 6.04 Å². The fourth-order valence-corrected chi connectivity index (χ4v) is 5.87. The van der Waals surface area contributed by atoms with Crippen molar-refractivity contribution in [2.45, 2.75) is 76.2 Å². The zero-order valence-electron chi connectivity index (χ0n) is 22.2. The van der Waals surface area contributed by atoms with Crippen LogP contribution < -0.4 is 11.1 Å². The molecular formula is C31H47N3O2. The zero-order chi connectivity index (χ0) is 25.6. The highest BCUT2D eigenvalue weighted by molar-refractivity contribution is 5.91. The third kappa shape index (κ3) is 7.64. The molecule has 1 amide bonds. The number of amides is 1. The van der Waals surface area contributed by atoms with Crippen LogP contribution in [0.2, 0.25) is 0 Å². The van der Waals surface area contributed by atoms with Gasteiger partial charge in [0.15, 0.2) is 0 Å². The molecule has 1 fully saturated rings. The molecule has 1 aliphatic rings. The van der Waals surface area contributed by atoms with Gasteiger partial charge in [0.05, 0.1) is 6.61 Å². The summed E-state index contributed by atoms with van der Waals surface area (Å²) in [5.41, 5.74) is 7.47. The lowest BCUT2D eigenvalue weighted by Gasteiger charge is -2.43. The SMILES string of the molecule is C[C@H](CO)NCCCCCCCCCN1CCC(C(C(N)=O)(c2ccccc2)c2ccccc2)CC1. The predicted octanol–water partition coefficient (Wildman–Crippen LogP) is 4.87. The molecule has 5 nitrogen and oxygen atoms in total. The van der Waals surface area contributed by atoms with E-state index < -0.39 is 5.41 Å².